The van der Waals surface area contributed by atoms with Gasteiger partial charge in [-0.3, -0.25) is 5.32 Å². The van der Waals surface area contributed by atoms with E-state index in [9.17, 15) is 0 Å². The lowest BCUT2D eigenvalue weighted by Crippen LogP contribution is -2.47. The number of nitrogens with one attached hydrogen (secondary N) is 1. The molecule has 1 rings (SSSR count). The van der Waals surface area contributed by atoms with E-state index in [1.807, 2.05) is 11.8 Å². The molecule has 0 atom stereocenters. The highest BCUT2D eigenvalue weighted by atomic mass is 32.2. The SMILES string of the molecule is N#CC1(NCCO)CCSCC1. The predicted octanol–water partition coefficient (Wildman–Crippen LogP) is 0.358. The Kier molecular flexibility index (Phi) is 3.86. The summed E-state index contributed by atoms with van der Waals surface area (Å²) in [6.07, 6.45) is 1.79. The van der Waals surface area contributed by atoms with Crippen LogP contribution in [0.15, 0.2) is 0 Å². The number of nitriles is 1. The van der Waals surface area contributed by atoms with Crippen LogP contribution in [0.4, 0.5) is 0 Å². The Morgan fingerprint density at radius 1 is 1.50 bits per heavy atom. The summed E-state index contributed by atoms with van der Waals surface area (Å²) in [5.74, 6) is 2.10. The van der Waals surface area contributed by atoms with Crippen molar-refractivity contribution < 1.29 is 5.11 Å². The average Bonchev–Trinajstić information content (AvgIpc) is 2.16. The Morgan fingerprint density at radius 3 is 2.67 bits per heavy atom. The molecule has 0 bridgehead atoms. The average molecular weight is 186 g/mol. The zero-order chi connectivity index (χ0) is 8.86. The monoisotopic (exact) mass is 186 g/mol. The van der Waals surface area contributed by atoms with Gasteiger partial charge in [0, 0.05) is 6.54 Å². The molecule has 1 aliphatic rings. The van der Waals surface area contributed by atoms with Gasteiger partial charge in [0.05, 0.1) is 12.7 Å². The summed E-state index contributed by atoms with van der Waals surface area (Å²) in [5.41, 5.74) is -0.353. The van der Waals surface area contributed by atoms with Gasteiger partial charge < -0.3 is 5.11 Å². The van der Waals surface area contributed by atoms with Gasteiger partial charge in [0.25, 0.3) is 0 Å². The third kappa shape index (κ3) is 2.37. The van der Waals surface area contributed by atoms with Crippen LogP contribution in [-0.4, -0.2) is 35.3 Å². The molecule has 1 heterocycles. The topological polar surface area (TPSA) is 56.0 Å². The van der Waals surface area contributed by atoms with E-state index >= 15 is 0 Å². The fourth-order valence-electron chi connectivity index (χ4n) is 1.34. The predicted molar refractivity (Wildman–Crippen MR) is 50.0 cm³/mol. The Morgan fingerprint density at radius 2 is 2.17 bits per heavy atom. The van der Waals surface area contributed by atoms with Crippen molar-refractivity contribution in [3.63, 3.8) is 0 Å². The van der Waals surface area contributed by atoms with Gasteiger partial charge in [0.1, 0.15) is 5.54 Å². The van der Waals surface area contributed by atoms with Gasteiger partial charge in [-0.15, -0.1) is 0 Å². The quantitative estimate of drug-likeness (QED) is 0.668. The van der Waals surface area contributed by atoms with Crippen molar-refractivity contribution in [2.24, 2.45) is 0 Å². The summed E-state index contributed by atoms with van der Waals surface area (Å²) >= 11 is 1.89. The second-order valence-electron chi connectivity index (χ2n) is 2.96. The van der Waals surface area contributed by atoms with Crippen molar-refractivity contribution in [1.82, 2.24) is 5.32 Å². The number of aliphatic hydroxyl groups excluding tert-OH is 1. The van der Waals surface area contributed by atoms with Crippen LogP contribution in [0.25, 0.3) is 0 Å². The number of hydrogen-bond acceptors (Lipinski definition) is 4. The summed E-state index contributed by atoms with van der Waals surface area (Å²) in [6, 6.07) is 2.32. The first-order valence-corrected chi connectivity index (χ1v) is 5.33. The molecule has 0 spiro atoms. The number of rotatable bonds is 3. The summed E-state index contributed by atoms with van der Waals surface area (Å²) in [6.45, 7) is 0.634. The van der Waals surface area contributed by atoms with E-state index in [2.05, 4.69) is 11.4 Å². The molecule has 0 aliphatic carbocycles. The maximum absolute atomic E-state index is 8.96. The molecule has 0 aromatic heterocycles. The van der Waals surface area contributed by atoms with E-state index in [1.54, 1.807) is 0 Å². The summed E-state index contributed by atoms with van der Waals surface area (Å²) in [5, 5.41) is 20.7. The Bertz CT molecular complexity index is 172. The fraction of sp³-hybridized carbons (Fsp3) is 0.875. The minimum absolute atomic E-state index is 0.108. The summed E-state index contributed by atoms with van der Waals surface area (Å²) < 4.78 is 0. The first-order chi connectivity index (χ1) is 5.83. The molecule has 0 saturated carbocycles. The smallest absolute Gasteiger partial charge is 0.108 e. The molecule has 0 radical (unpaired) electrons. The Labute approximate surface area is 77.1 Å². The number of hydrogen-bond donors (Lipinski definition) is 2. The van der Waals surface area contributed by atoms with E-state index in [0.29, 0.717) is 6.54 Å². The molecule has 12 heavy (non-hydrogen) atoms. The Hall–Kier alpha value is -0.240. The highest BCUT2D eigenvalue weighted by Crippen LogP contribution is 2.25. The van der Waals surface area contributed by atoms with Crippen molar-refractivity contribution in [3.05, 3.63) is 0 Å². The van der Waals surface area contributed by atoms with Gasteiger partial charge in [-0.1, -0.05) is 0 Å². The van der Waals surface area contributed by atoms with Crippen LogP contribution < -0.4 is 5.32 Å². The van der Waals surface area contributed by atoms with Gasteiger partial charge >= 0.3 is 0 Å². The molecule has 1 aliphatic heterocycles. The Balaban J connectivity index is 2.44. The van der Waals surface area contributed by atoms with Crippen molar-refractivity contribution >= 4 is 11.8 Å². The number of thioether (sulfide) groups is 1. The van der Waals surface area contributed by atoms with Crippen molar-refractivity contribution in [2.75, 3.05) is 24.7 Å². The molecule has 0 aromatic rings. The third-order valence-electron chi connectivity index (χ3n) is 2.14. The van der Waals surface area contributed by atoms with Gasteiger partial charge in [-0.2, -0.15) is 17.0 Å². The van der Waals surface area contributed by atoms with E-state index in [4.69, 9.17) is 10.4 Å². The second-order valence-corrected chi connectivity index (χ2v) is 4.18. The van der Waals surface area contributed by atoms with Gasteiger partial charge in [-0.05, 0) is 24.3 Å². The molecule has 3 nitrogen and oxygen atoms in total. The lowest BCUT2D eigenvalue weighted by Gasteiger charge is -2.31. The van der Waals surface area contributed by atoms with Crippen LogP contribution in [0.3, 0.4) is 0 Å². The number of nitrogens with zero attached hydrogens (tertiary/aromatic N) is 1. The first-order valence-electron chi connectivity index (χ1n) is 4.18. The maximum Gasteiger partial charge on any atom is 0.108 e. The minimum atomic E-state index is -0.353. The molecule has 4 heteroatoms. The lowest BCUT2D eigenvalue weighted by atomic mass is 9.94. The largest absolute Gasteiger partial charge is 0.395 e. The van der Waals surface area contributed by atoms with E-state index in [-0.39, 0.29) is 12.1 Å². The second kappa shape index (κ2) is 4.70. The molecule has 2 N–H and O–H groups in total. The van der Waals surface area contributed by atoms with Crippen LogP contribution >= 0.6 is 11.8 Å². The molecule has 0 amide bonds. The van der Waals surface area contributed by atoms with Crippen LogP contribution in [0.1, 0.15) is 12.8 Å². The van der Waals surface area contributed by atoms with Crippen molar-refractivity contribution in [2.45, 2.75) is 18.4 Å². The molecule has 0 aromatic carbocycles. The van der Waals surface area contributed by atoms with Gasteiger partial charge in [0.2, 0.25) is 0 Å². The van der Waals surface area contributed by atoms with Crippen LogP contribution in [0, 0.1) is 11.3 Å². The van der Waals surface area contributed by atoms with E-state index in [0.717, 1.165) is 24.3 Å². The zero-order valence-electron chi connectivity index (χ0n) is 7.05. The van der Waals surface area contributed by atoms with Crippen molar-refractivity contribution in [1.29, 1.82) is 5.26 Å². The molecular formula is C8H14N2OS. The molecule has 1 fully saturated rings. The van der Waals surface area contributed by atoms with Crippen LogP contribution in [0.2, 0.25) is 0 Å². The van der Waals surface area contributed by atoms with Gasteiger partial charge in [-0.25, -0.2) is 0 Å². The van der Waals surface area contributed by atoms with Gasteiger partial charge in [0.15, 0.2) is 0 Å². The summed E-state index contributed by atoms with van der Waals surface area (Å²) in [4.78, 5) is 0. The number of β-amino-alcohol motifs (C(OH)–C–C–N with tert-alkyl or cyclic N) is 1. The zero-order valence-corrected chi connectivity index (χ0v) is 7.86. The third-order valence-corrected chi connectivity index (χ3v) is 3.12. The molecule has 0 unspecified atom stereocenters. The maximum atomic E-state index is 8.96. The first kappa shape index (κ1) is 9.85. The lowest BCUT2D eigenvalue weighted by molar-refractivity contribution is 0.266. The van der Waals surface area contributed by atoms with E-state index < -0.39 is 0 Å². The molecular weight excluding hydrogens is 172 g/mol. The normalized spacial score (nSPS) is 21.7. The number of aliphatic hydroxyl groups is 1. The fourth-order valence-corrected chi connectivity index (χ4v) is 2.53. The van der Waals surface area contributed by atoms with Crippen LogP contribution in [0.5, 0.6) is 0 Å². The minimum Gasteiger partial charge on any atom is -0.395 e. The standard InChI is InChI=1S/C8H14N2OS/c9-7-8(10-3-4-11)1-5-12-6-2-8/h10-11H,1-6H2. The van der Waals surface area contributed by atoms with Crippen LogP contribution in [-0.2, 0) is 0 Å². The molecule has 1 saturated heterocycles. The highest BCUT2D eigenvalue weighted by molar-refractivity contribution is 7.99. The summed E-state index contributed by atoms with van der Waals surface area (Å²) in [7, 11) is 0. The molecule has 68 valence electrons. The van der Waals surface area contributed by atoms with Crippen molar-refractivity contribution in [3.8, 4) is 6.07 Å². The van der Waals surface area contributed by atoms with E-state index in [1.165, 1.54) is 0 Å². The highest BCUT2D eigenvalue weighted by Gasteiger charge is 2.31.